The largest absolute Gasteiger partial charge is 0.322 e. The molecule has 4 N–H and O–H groups in total. The van der Waals surface area contributed by atoms with Crippen LogP contribution in [0.25, 0.3) is 0 Å². The van der Waals surface area contributed by atoms with Gasteiger partial charge in [-0.15, -0.1) is 0 Å². The van der Waals surface area contributed by atoms with Crippen LogP contribution < -0.4 is 16.4 Å². The summed E-state index contributed by atoms with van der Waals surface area (Å²) in [6, 6.07) is -0.733. The highest BCUT2D eigenvalue weighted by Gasteiger charge is 2.28. The lowest BCUT2D eigenvalue weighted by atomic mass is 10.1. The van der Waals surface area contributed by atoms with Crippen LogP contribution in [0.4, 0.5) is 0 Å². The highest BCUT2D eigenvalue weighted by Crippen LogP contribution is 2.10. The molecule has 6 heteroatoms. The molecule has 0 aromatic rings. The number of rotatable bonds is 2. The van der Waals surface area contributed by atoms with Crippen LogP contribution in [0.1, 0.15) is 6.42 Å². The Morgan fingerprint density at radius 3 is 2.93 bits per heavy atom. The van der Waals surface area contributed by atoms with Crippen LogP contribution in [-0.2, 0) is 14.4 Å². The Kier molecular flexibility index (Phi) is 3.53. The van der Waals surface area contributed by atoms with E-state index in [9.17, 15) is 14.4 Å². The van der Waals surface area contributed by atoms with Crippen LogP contribution in [0.15, 0.2) is 5.57 Å². The molecule has 0 aromatic heterocycles. The first-order valence-electron chi connectivity index (χ1n) is 4.20. The van der Waals surface area contributed by atoms with Crippen molar-refractivity contribution in [1.29, 1.82) is 0 Å². The summed E-state index contributed by atoms with van der Waals surface area (Å²) in [5.41, 5.74) is 5.36. The Balaban J connectivity index is 2.61. The molecular formula is C8H11N3O3. The number of hydrogen-bond acceptors (Lipinski definition) is 5. The van der Waals surface area contributed by atoms with Crippen molar-refractivity contribution in [2.75, 3.05) is 13.1 Å². The summed E-state index contributed by atoms with van der Waals surface area (Å²) < 4.78 is 0. The number of carbonyl (C=O) groups excluding carboxylic acids is 3. The molecule has 76 valence electrons. The normalized spacial score (nSPS) is 20.4. The molecule has 1 heterocycles. The third-order valence-electron chi connectivity index (χ3n) is 1.93. The summed E-state index contributed by atoms with van der Waals surface area (Å²) in [5.74, 6) is 0.581. The third-order valence-corrected chi connectivity index (χ3v) is 1.93. The van der Waals surface area contributed by atoms with Crippen molar-refractivity contribution in [3.05, 3.63) is 5.57 Å². The van der Waals surface area contributed by atoms with Crippen molar-refractivity contribution in [3.8, 4) is 0 Å². The highest BCUT2D eigenvalue weighted by molar-refractivity contribution is 6.00. The van der Waals surface area contributed by atoms with Gasteiger partial charge < -0.3 is 11.1 Å². The zero-order valence-corrected chi connectivity index (χ0v) is 7.50. The maximum Gasteiger partial charge on any atom is 0.248 e. The fourth-order valence-electron chi connectivity index (χ4n) is 1.24. The van der Waals surface area contributed by atoms with Gasteiger partial charge in [0, 0.05) is 12.1 Å². The molecule has 6 nitrogen and oxygen atoms in total. The monoisotopic (exact) mass is 197 g/mol. The van der Waals surface area contributed by atoms with Crippen LogP contribution >= 0.6 is 0 Å². The molecule has 1 rings (SSSR count). The molecule has 1 aliphatic rings. The Bertz CT molecular complexity index is 307. The van der Waals surface area contributed by atoms with Crippen molar-refractivity contribution in [1.82, 2.24) is 10.6 Å². The molecule has 1 fully saturated rings. The predicted octanol–water partition coefficient (Wildman–Crippen LogP) is -2.29. The average Bonchev–Trinajstić information content (AvgIpc) is 2.65. The van der Waals surface area contributed by atoms with Gasteiger partial charge in [-0.3, -0.25) is 14.9 Å². The van der Waals surface area contributed by atoms with Crippen LogP contribution in [0.5, 0.6) is 0 Å². The standard InChI is InChI=1S/C8H11N3O3/c9-3-6(13)11-8(14)7-5(4-12)1-2-10-7/h7,10H,1-3,9H2,(H,11,13,14). The lowest BCUT2D eigenvalue weighted by molar-refractivity contribution is -0.130. The van der Waals surface area contributed by atoms with E-state index in [2.05, 4.69) is 10.6 Å². The van der Waals surface area contributed by atoms with Gasteiger partial charge in [0.2, 0.25) is 11.8 Å². The molecule has 0 aromatic carbocycles. The first-order valence-corrected chi connectivity index (χ1v) is 4.20. The minimum atomic E-state index is -0.733. The SMILES string of the molecule is NCC(=O)NC(=O)C1NCCC1=C=O. The molecule has 1 atom stereocenters. The summed E-state index contributed by atoms with van der Waals surface area (Å²) in [7, 11) is 0. The van der Waals surface area contributed by atoms with Gasteiger partial charge in [0.15, 0.2) is 0 Å². The number of nitrogens with one attached hydrogen (secondary N) is 2. The number of imide groups is 1. The Morgan fingerprint density at radius 2 is 2.36 bits per heavy atom. The van der Waals surface area contributed by atoms with E-state index in [1.807, 2.05) is 0 Å². The Labute approximate surface area is 80.5 Å². The van der Waals surface area contributed by atoms with Gasteiger partial charge in [-0.1, -0.05) is 0 Å². The van der Waals surface area contributed by atoms with E-state index in [1.165, 1.54) is 0 Å². The molecule has 2 amide bonds. The summed E-state index contributed by atoms with van der Waals surface area (Å²) >= 11 is 0. The number of nitrogens with two attached hydrogens (primary N) is 1. The number of carbonyl (C=O) groups is 2. The van der Waals surface area contributed by atoms with Crippen molar-refractivity contribution in [2.24, 2.45) is 5.73 Å². The fourth-order valence-corrected chi connectivity index (χ4v) is 1.24. The molecule has 0 bridgehead atoms. The van der Waals surface area contributed by atoms with Gasteiger partial charge in [0.1, 0.15) is 12.0 Å². The van der Waals surface area contributed by atoms with Crippen molar-refractivity contribution in [2.45, 2.75) is 12.5 Å². The van der Waals surface area contributed by atoms with Gasteiger partial charge >= 0.3 is 0 Å². The molecule has 1 unspecified atom stereocenters. The van der Waals surface area contributed by atoms with Crippen LogP contribution in [-0.4, -0.2) is 36.9 Å². The second-order valence-electron chi connectivity index (χ2n) is 2.88. The van der Waals surface area contributed by atoms with E-state index in [0.29, 0.717) is 18.5 Å². The topological polar surface area (TPSA) is 101 Å². The Hall–Kier alpha value is -1.49. The summed E-state index contributed by atoms with van der Waals surface area (Å²) in [6.07, 6.45) is 0.485. The van der Waals surface area contributed by atoms with Gasteiger partial charge in [-0.05, 0) is 6.42 Å². The van der Waals surface area contributed by atoms with E-state index in [0.717, 1.165) is 0 Å². The van der Waals surface area contributed by atoms with Crippen molar-refractivity contribution < 1.29 is 14.4 Å². The maximum atomic E-state index is 11.3. The summed E-state index contributed by atoms with van der Waals surface area (Å²) in [4.78, 5) is 32.5. The predicted molar refractivity (Wildman–Crippen MR) is 47.8 cm³/mol. The lowest BCUT2D eigenvalue weighted by Gasteiger charge is -2.09. The second-order valence-corrected chi connectivity index (χ2v) is 2.88. The summed E-state index contributed by atoms with van der Waals surface area (Å²) in [6.45, 7) is 0.290. The van der Waals surface area contributed by atoms with Crippen LogP contribution in [0, 0.1) is 0 Å². The molecule has 14 heavy (non-hydrogen) atoms. The smallest absolute Gasteiger partial charge is 0.248 e. The number of amides is 2. The van der Waals surface area contributed by atoms with Gasteiger partial charge in [-0.2, -0.15) is 0 Å². The molecule has 0 saturated carbocycles. The first kappa shape index (κ1) is 10.6. The van der Waals surface area contributed by atoms with E-state index in [-0.39, 0.29) is 6.54 Å². The minimum absolute atomic E-state index is 0.251. The summed E-state index contributed by atoms with van der Waals surface area (Å²) in [5, 5.41) is 4.85. The molecule has 1 aliphatic heterocycles. The second kappa shape index (κ2) is 4.66. The van der Waals surface area contributed by atoms with Gasteiger partial charge in [-0.25, -0.2) is 4.79 Å². The van der Waals surface area contributed by atoms with Gasteiger partial charge in [0.05, 0.1) is 6.54 Å². The molecule has 1 saturated heterocycles. The number of hydrogen-bond donors (Lipinski definition) is 3. The van der Waals surface area contributed by atoms with Crippen LogP contribution in [0.2, 0.25) is 0 Å². The minimum Gasteiger partial charge on any atom is -0.322 e. The van der Waals surface area contributed by atoms with E-state index in [1.54, 1.807) is 5.94 Å². The quantitative estimate of drug-likeness (QED) is 0.432. The first-order chi connectivity index (χ1) is 6.69. The van der Waals surface area contributed by atoms with Crippen molar-refractivity contribution >= 4 is 17.8 Å². The Morgan fingerprint density at radius 1 is 1.64 bits per heavy atom. The van der Waals surface area contributed by atoms with Crippen LogP contribution in [0.3, 0.4) is 0 Å². The average molecular weight is 197 g/mol. The van der Waals surface area contributed by atoms with E-state index < -0.39 is 17.9 Å². The molecule has 0 radical (unpaired) electrons. The molecule has 0 aliphatic carbocycles. The highest BCUT2D eigenvalue weighted by atomic mass is 16.2. The van der Waals surface area contributed by atoms with E-state index >= 15 is 0 Å². The maximum absolute atomic E-state index is 11.3. The van der Waals surface area contributed by atoms with Gasteiger partial charge in [0.25, 0.3) is 0 Å². The molecular weight excluding hydrogens is 186 g/mol. The fraction of sp³-hybridized carbons (Fsp3) is 0.500. The zero-order chi connectivity index (χ0) is 10.6. The lowest BCUT2D eigenvalue weighted by Crippen LogP contribution is -2.45. The zero-order valence-electron chi connectivity index (χ0n) is 7.50. The third kappa shape index (κ3) is 2.26. The van der Waals surface area contributed by atoms with E-state index in [4.69, 9.17) is 5.73 Å². The molecule has 0 spiro atoms. The van der Waals surface area contributed by atoms with Crippen molar-refractivity contribution in [3.63, 3.8) is 0 Å².